The fraction of sp³-hybridized carbons (Fsp3) is 0.724. The third-order valence-corrected chi connectivity index (χ3v) is 9.96. The van der Waals surface area contributed by atoms with E-state index in [1.165, 1.54) is 62.7 Å². The number of aliphatic hydroxyl groups is 1. The first-order valence-corrected chi connectivity index (χ1v) is 14.3. The molecule has 6 unspecified atom stereocenters. The van der Waals surface area contributed by atoms with Gasteiger partial charge in [-0.15, -0.1) is 0 Å². The van der Waals surface area contributed by atoms with Gasteiger partial charge >= 0.3 is 5.97 Å². The molecule has 1 aromatic rings. The number of carboxylic acids is 1. The van der Waals surface area contributed by atoms with Crippen molar-refractivity contribution in [2.75, 3.05) is 18.0 Å². The number of fused-ring (bicyclic) bond motifs is 6. The Morgan fingerprint density at radius 2 is 1.53 bits per heavy atom. The van der Waals surface area contributed by atoms with Gasteiger partial charge in [0.2, 0.25) is 6.35 Å². The molecule has 6 rings (SSSR count). The zero-order chi connectivity index (χ0) is 24.8. The second kappa shape index (κ2) is 9.97. The lowest BCUT2D eigenvalue weighted by Gasteiger charge is -2.47. The number of hydrogen-bond acceptors (Lipinski definition) is 5. The normalized spacial score (nSPS) is 37.1. The van der Waals surface area contributed by atoms with Gasteiger partial charge in [0.15, 0.2) is 0 Å². The van der Waals surface area contributed by atoms with Crippen molar-refractivity contribution in [2.45, 2.75) is 102 Å². The first kappa shape index (κ1) is 24.2. The average molecular weight is 496 g/mol. The number of carbonyl (C=O) groups is 2. The third kappa shape index (κ3) is 4.53. The Balaban J connectivity index is 1.27. The van der Waals surface area contributed by atoms with E-state index in [1.54, 1.807) is 23.1 Å². The number of benzene rings is 1. The van der Waals surface area contributed by atoms with Crippen LogP contribution in [0.25, 0.3) is 0 Å². The summed E-state index contributed by atoms with van der Waals surface area (Å²) in [5.41, 5.74) is 1.00. The minimum atomic E-state index is -1.25. The summed E-state index contributed by atoms with van der Waals surface area (Å²) in [6.45, 7) is 0.775. The van der Waals surface area contributed by atoms with Gasteiger partial charge in [-0.1, -0.05) is 44.2 Å². The fourth-order valence-corrected chi connectivity index (χ4v) is 8.49. The zero-order valence-electron chi connectivity index (χ0n) is 21.3. The molecule has 7 nitrogen and oxygen atoms in total. The minimum absolute atomic E-state index is 0.0803. The van der Waals surface area contributed by atoms with E-state index in [1.807, 2.05) is 6.07 Å². The second-order valence-corrected chi connectivity index (χ2v) is 12.2. The third-order valence-electron chi connectivity index (χ3n) is 9.96. The molecule has 0 radical (unpaired) electrons. The van der Waals surface area contributed by atoms with Gasteiger partial charge in [0.05, 0.1) is 11.3 Å². The van der Waals surface area contributed by atoms with Gasteiger partial charge in [-0.25, -0.2) is 0 Å². The molecule has 4 fully saturated rings. The Morgan fingerprint density at radius 3 is 2.28 bits per heavy atom. The molecule has 3 heterocycles. The SMILES string of the molecule is O=C(O)CN1c2ccccc2C(=O)N(C2CC3CCCC(C2)N(C2CC4CCCCC(C4)C2)C3)C1O. The number of hydrogen-bond donors (Lipinski definition) is 2. The number of carbonyl (C=O) groups excluding carboxylic acids is 1. The van der Waals surface area contributed by atoms with Gasteiger partial charge in [0.1, 0.15) is 6.54 Å². The molecule has 2 saturated heterocycles. The van der Waals surface area contributed by atoms with Crippen LogP contribution in [0.5, 0.6) is 0 Å². The summed E-state index contributed by atoms with van der Waals surface area (Å²) < 4.78 is 0. The van der Waals surface area contributed by atoms with Crippen molar-refractivity contribution in [3.05, 3.63) is 29.8 Å². The van der Waals surface area contributed by atoms with Gasteiger partial charge < -0.3 is 15.1 Å². The van der Waals surface area contributed by atoms with Crippen LogP contribution in [0.15, 0.2) is 24.3 Å². The molecule has 6 atom stereocenters. The van der Waals surface area contributed by atoms with E-state index in [0.717, 1.165) is 37.6 Å². The number of nitrogens with zero attached hydrogens (tertiary/aromatic N) is 3. The van der Waals surface area contributed by atoms with Gasteiger partial charge in [0.25, 0.3) is 5.91 Å². The average Bonchev–Trinajstić information content (AvgIpc) is 3.23. The minimum Gasteiger partial charge on any atom is -0.480 e. The predicted molar refractivity (Wildman–Crippen MR) is 138 cm³/mol. The van der Waals surface area contributed by atoms with Gasteiger partial charge in [-0.05, 0) is 74.8 Å². The molecule has 2 saturated carbocycles. The van der Waals surface area contributed by atoms with E-state index in [4.69, 9.17) is 0 Å². The van der Waals surface area contributed by atoms with Crippen LogP contribution in [0.3, 0.4) is 0 Å². The van der Waals surface area contributed by atoms with E-state index < -0.39 is 12.3 Å². The summed E-state index contributed by atoms with van der Waals surface area (Å²) in [5, 5.41) is 21.0. The van der Waals surface area contributed by atoms with Crippen molar-refractivity contribution in [2.24, 2.45) is 17.8 Å². The van der Waals surface area contributed by atoms with Gasteiger partial charge in [0, 0.05) is 24.7 Å². The topological polar surface area (TPSA) is 84.3 Å². The lowest BCUT2D eigenvalue weighted by atomic mass is 9.77. The highest BCUT2D eigenvalue weighted by atomic mass is 16.4. The van der Waals surface area contributed by atoms with Crippen LogP contribution in [0.2, 0.25) is 0 Å². The van der Waals surface area contributed by atoms with Crippen LogP contribution in [0.4, 0.5) is 5.69 Å². The molecule has 2 N–H and O–H groups in total. The highest BCUT2D eigenvalue weighted by Gasteiger charge is 2.46. The number of rotatable bonds is 4. The first-order chi connectivity index (χ1) is 17.5. The van der Waals surface area contributed by atoms with Crippen LogP contribution in [-0.4, -0.2) is 69.5 Å². The fourth-order valence-electron chi connectivity index (χ4n) is 8.49. The van der Waals surface area contributed by atoms with Crippen molar-refractivity contribution in [3.8, 4) is 0 Å². The van der Waals surface area contributed by atoms with E-state index in [2.05, 4.69) is 4.90 Å². The van der Waals surface area contributed by atoms with Crippen LogP contribution < -0.4 is 4.90 Å². The monoisotopic (exact) mass is 495 g/mol. The summed E-state index contributed by atoms with van der Waals surface area (Å²) in [5.74, 6) is 1.08. The van der Waals surface area contributed by atoms with E-state index in [-0.39, 0.29) is 18.5 Å². The highest BCUT2D eigenvalue weighted by molar-refractivity contribution is 6.02. The summed E-state index contributed by atoms with van der Waals surface area (Å²) in [6.07, 6.45) is 13.7. The molecule has 0 spiro atoms. The molecule has 36 heavy (non-hydrogen) atoms. The molecular formula is C29H41N3O4. The molecule has 3 aliphatic heterocycles. The number of amides is 1. The van der Waals surface area contributed by atoms with Gasteiger partial charge in [-0.3, -0.25) is 19.4 Å². The molecule has 1 amide bonds. The summed E-state index contributed by atoms with van der Waals surface area (Å²) in [6, 6.07) is 8.11. The molecule has 7 heteroatoms. The quantitative estimate of drug-likeness (QED) is 0.648. The molecule has 5 aliphatic rings. The van der Waals surface area contributed by atoms with Crippen molar-refractivity contribution in [1.82, 2.24) is 9.80 Å². The number of para-hydroxylation sites is 1. The largest absolute Gasteiger partial charge is 0.480 e. The Kier molecular flexibility index (Phi) is 6.71. The Morgan fingerprint density at radius 1 is 0.833 bits per heavy atom. The number of carboxylic acid groups (broad SMARTS) is 1. The lowest BCUT2D eigenvalue weighted by molar-refractivity contribution is -0.136. The summed E-state index contributed by atoms with van der Waals surface area (Å²) in [4.78, 5) is 31.3. The molecular weight excluding hydrogens is 454 g/mol. The van der Waals surface area contributed by atoms with E-state index in [0.29, 0.717) is 29.3 Å². The van der Waals surface area contributed by atoms with Crippen molar-refractivity contribution in [3.63, 3.8) is 0 Å². The highest BCUT2D eigenvalue weighted by Crippen LogP contribution is 2.44. The maximum Gasteiger partial charge on any atom is 0.323 e. The molecule has 4 bridgehead atoms. The molecule has 1 aromatic carbocycles. The molecule has 2 aliphatic carbocycles. The van der Waals surface area contributed by atoms with Crippen molar-refractivity contribution >= 4 is 17.6 Å². The van der Waals surface area contributed by atoms with Crippen LogP contribution in [0.1, 0.15) is 87.4 Å². The first-order valence-electron chi connectivity index (χ1n) is 14.3. The Labute approximate surface area is 214 Å². The zero-order valence-corrected chi connectivity index (χ0v) is 21.3. The van der Waals surface area contributed by atoms with Crippen LogP contribution in [0, 0.1) is 17.8 Å². The van der Waals surface area contributed by atoms with E-state index in [9.17, 15) is 19.8 Å². The smallest absolute Gasteiger partial charge is 0.323 e. The Bertz CT molecular complexity index is 971. The summed E-state index contributed by atoms with van der Waals surface area (Å²) in [7, 11) is 0. The van der Waals surface area contributed by atoms with E-state index >= 15 is 0 Å². The predicted octanol–water partition coefficient (Wildman–Crippen LogP) is 4.30. The van der Waals surface area contributed by atoms with Crippen LogP contribution >= 0.6 is 0 Å². The van der Waals surface area contributed by atoms with Crippen molar-refractivity contribution in [1.29, 1.82) is 0 Å². The maximum atomic E-state index is 13.7. The number of aliphatic hydroxyl groups excluding tert-OH is 1. The maximum absolute atomic E-state index is 13.7. The van der Waals surface area contributed by atoms with Gasteiger partial charge in [-0.2, -0.15) is 0 Å². The lowest BCUT2D eigenvalue weighted by Crippen LogP contribution is -2.60. The van der Waals surface area contributed by atoms with Crippen LogP contribution in [-0.2, 0) is 4.79 Å². The van der Waals surface area contributed by atoms with Crippen molar-refractivity contribution < 1.29 is 19.8 Å². The standard InChI is InChI=1S/C29H41N3O4/c33-27(34)18-31-26-11-4-3-10-25(26)28(35)32(29(31)36)24-15-21-8-5-9-22(16-24)30(17-21)23-13-19-6-1-2-7-20(12-19)14-23/h3-4,10-11,19-24,29,36H,1-2,5-9,12-18H2,(H,33,34). The second-order valence-electron chi connectivity index (χ2n) is 12.2. The Hall–Kier alpha value is -2.12. The molecule has 196 valence electrons. The number of aliphatic carboxylic acids is 1. The number of anilines is 1. The summed E-state index contributed by atoms with van der Waals surface area (Å²) >= 11 is 0. The molecule has 0 aromatic heterocycles.